The van der Waals surface area contributed by atoms with Crippen molar-refractivity contribution in [1.82, 2.24) is 4.98 Å². The standard InChI is InChI=1S/C18H23NO3S.C2H6/c1-13-10-17(22-8-5-9-23(3)21)19-14(2)18(13)16-7-4-6-15(11-16)12-20;1-2/h4,6-7,10-11,20H,5,8-9,12H2,1-3H3;1-2H3. The number of rotatable bonds is 7. The molecule has 0 saturated carbocycles. The SMILES string of the molecule is CC.Cc1cc(OCCCS(C)=O)nc(C)c1-c1cccc(CO)c1. The minimum absolute atomic E-state index is 0.0271. The van der Waals surface area contributed by atoms with Gasteiger partial charge < -0.3 is 9.84 Å². The molecule has 0 amide bonds. The maximum absolute atomic E-state index is 11.0. The highest BCUT2D eigenvalue weighted by Crippen LogP contribution is 2.29. The summed E-state index contributed by atoms with van der Waals surface area (Å²) in [5.74, 6) is 1.24. The van der Waals surface area contributed by atoms with Crippen molar-refractivity contribution in [3.63, 3.8) is 0 Å². The fourth-order valence-electron chi connectivity index (χ4n) is 2.57. The number of hydrogen-bond acceptors (Lipinski definition) is 4. The van der Waals surface area contributed by atoms with E-state index >= 15 is 0 Å². The van der Waals surface area contributed by atoms with Crippen molar-refractivity contribution in [2.24, 2.45) is 0 Å². The van der Waals surface area contributed by atoms with Crippen molar-refractivity contribution >= 4 is 10.8 Å². The number of nitrogens with zero attached hydrogens (tertiary/aromatic N) is 1. The van der Waals surface area contributed by atoms with E-state index in [1.807, 2.05) is 58.0 Å². The summed E-state index contributed by atoms with van der Waals surface area (Å²) in [5.41, 5.74) is 4.99. The topological polar surface area (TPSA) is 59.4 Å². The van der Waals surface area contributed by atoms with Crippen LogP contribution in [0.5, 0.6) is 5.88 Å². The molecule has 0 bridgehead atoms. The summed E-state index contributed by atoms with van der Waals surface area (Å²) in [6.07, 6.45) is 2.45. The first-order valence-corrected chi connectivity index (χ1v) is 10.3. The third kappa shape index (κ3) is 6.59. The van der Waals surface area contributed by atoms with Gasteiger partial charge in [0.05, 0.1) is 13.2 Å². The Morgan fingerprint density at radius 1 is 1.20 bits per heavy atom. The molecule has 1 aromatic heterocycles. The van der Waals surface area contributed by atoms with Gasteiger partial charge in [-0.15, -0.1) is 0 Å². The van der Waals surface area contributed by atoms with Gasteiger partial charge in [0.1, 0.15) is 0 Å². The number of aromatic nitrogens is 1. The first kappa shape index (κ1) is 21.3. The molecule has 0 aliphatic heterocycles. The fourth-order valence-corrected chi connectivity index (χ4v) is 3.10. The van der Waals surface area contributed by atoms with Gasteiger partial charge in [0.15, 0.2) is 0 Å². The van der Waals surface area contributed by atoms with Crippen LogP contribution in [0.25, 0.3) is 11.1 Å². The quantitative estimate of drug-likeness (QED) is 0.755. The lowest BCUT2D eigenvalue weighted by molar-refractivity contribution is 0.282. The van der Waals surface area contributed by atoms with E-state index in [9.17, 15) is 9.32 Å². The van der Waals surface area contributed by atoms with Gasteiger partial charge in [0, 0.05) is 40.1 Å². The van der Waals surface area contributed by atoms with E-state index in [-0.39, 0.29) is 6.61 Å². The molecule has 5 heteroatoms. The van der Waals surface area contributed by atoms with Crippen LogP contribution in [0.2, 0.25) is 0 Å². The maximum atomic E-state index is 11.0. The smallest absolute Gasteiger partial charge is 0.213 e. The molecule has 1 N–H and O–H groups in total. The molecule has 2 rings (SSSR count). The number of aryl methyl sites for hydroxylation is 2. The van der Waals surface area contributed by atoms with E-state index in [0.717, 1.165) is 34.4 Å². The first-order chi connectivity index (χ1) is 12.0. The molecule has 0 spiro atoms. The minimum Gasteiger partial charge on any atom is -0.478 e. The normalized spacial score (nSPS) is 11.4. The lowest BCUT2D eigenvalue weighted by Crippen LogP contribution is -2.05. The maximum Gasteiger partial charge on any atom is 0.213 e. The summed E-state index contributed by atoms with van der Waals surface area (Å²) in [6.45, 7) is 8.54. The van der Waals surface area contributed by atoms with Gasteiger partial charge in [0.2, 0.25) is 5.88 Å². The second kappa shape index (κ2) is 11.0. The zero-order chi connectivity index (χ0) is 18.8. The van der Waals surface area contributed by atoms with Gasteiger partial charge in [-0.25, -0.2) is 4.98 Å². The molecule has 1 atom stereocenters. The highest BCUT2D eigenvalue weighted by Gasteiger charge is 2.10. The Morgan fingerprint density at radius 2 is 1.92 bits per heavy atom. The Morgan fingerprint density at radius 3 is 2.52 bits per heavy atom. The molecule has 0 aliphatic rings. The molecular weight excluding hydrogens is 334 g/mol. The summed E-state index contributed by atoms with van der Waals surface area (Å²) in [7, 11) is -0.785. The molecule has 0 radical (unpaired) electrons. The molecule has 2 aromatic rings. The molecule has 0 aliphatic carbocycles. The molecule has 4 nitrogen and oxygen atoms in total. The Balaban J connectivity index is 0.00000151. The van der Waals surface area contributed by atoms with E-state index in [2.05, 4.69) is 4.98 Å². The van der Waals surface area contributed by atoms with E-state index in [1.54, 1.807) is 6.26 Å². The van der Waals surface area contributed by atoms with Crippen LogP contribution in [-0.2, 0) is 17.4 Å². The van der Waals surface area contributed by atoms with Crippen LogP contribution in [-0.4, -0.2) is 32.9 Å². The van der Waals surface area contributed by atoms with Crippen molar-refractivity contribution in [3.8, 4) is 17.0 Å². The Bertz CT molecular complexity index is 678. The van der Waals surface area contributed by atoms with Crippen LogP contribution in [0.3, 0.4) is 0 Å². The minimum atomic E-state index is -0.785. The van der Waals surface area contributed by atoms with Crippen molar-refractivity contribution < 1.29 is 14.1 Å². The molecule has 0 saturated heterocycles. The van der Waals surface area contributed by atoms with Crippen molar-refractivity contribution in [2.45, 2.75) is 40.7 Å². The zero-order valence-corrected chi connectivity index (χ0v) is 16.7. The Hall–Kier alpha value is -1.72. The van der Waals surface area contributed by atoms with E-state index in [0.29, 0.717) is 18.2 Å². The number of hydrogen-bond donors (Lipinski definition) is 1. The highest BCUT2D eigenvalue weighted by atomic mass is 32.2. The average molecular weight is 364 g/mol. The molecule has 1 heterocycles. The van der Waals surface area contributed by atoms with Crippen LogP contribution in [0, 0.1) is 13.8 Å². The van der Waals surface area contributed by atoms with Gasteiger partial charge >= 0.3 is 0 Å². The van der Waals surface area contributed by atoms with E-state index in [4.69, 9.17) is 4.74 Å². The lowest BCUT2D eigenvalue weighted by atomic mass is 9.98. The molecule has 1 aromatic carbocycles. The van der Waals surface area contributed by atoms with Gasteiger partial charge in [0.25, 0.3) is 0 Å². The highest BCUT2D eigenvalue weighted by molar-refractivity contribution is 7.84. The van der Waals surface area contributed by atoms with Gasteiger partial charge in [-0.2, -0.15) is 0 Å². The number of aliphatic hydroxyl groups is 1. The summed E-state index contributed by atoms with van der Waals surface area (Å²) in [4.78, 5) is 4.52. The third-order valence-electron chi connectivity index (χ3n) is 3.60. The summed E-state index contributed by atoms with van der Waals surface area (Å²) >= 11 is 0. The second-order valence-electron chi connectivity index (χ2n) is 5.58. The number of pyridine rings is 1. The van der Waals surface area contributed by atoms with Gasteiger partial charge in [-0.05, 0) is 43.0 Å². The lowest BCUT2D eigenvalue weighted by Gasteiger charge is -2.13. The average Bonchev–Trinajstić information content (AvgIpc) is 2.60. The van der Waals surface area contributed by atoms with Crippen LogP contribution in [0.1, 0.15) is 37.1 Å². The van der Waals surface area contributed by atoms with E-state index in [1.165, 1.54) is 0 Å². The van der Waals surface area contributed by atoms with Crippen LogP contribution >= 0.6 is 0 Å². The Labute approximate surface area is 153 Å². The Kier molecular flexibility index (Phi) is 9.39. The van der Waals surface area contributed by atoms with Crippen LogP contribution in [0.15, 0.2) is 30.3 Å². The fraction of sp³-hybridized carbons (Fsp3) is 0.450. The summed E-state index contributed by atoms with van der Waals surface area (Å²) in [6, 6.07) is 9.77. The van der Waals surface area contributed by atoms with Crippen molar-refractivity contribution in [3.05, 3.63) is 47.2 Å². The predicted octanol–water partition coefficient (Wildman–Crippen LogP) is 4.03. The molecule has 0 fully saturated rings. The van der Waals surface area contributed by atoms with Gasteiger partial charge in [-0.1, -0.05) is 32.0 Å². The van der Waals surface area contributed by atoms with E-state index < -0.39 is 10.8 Å². The zero-order valence-electron chi connectivity index (χ0n) is 15.8. The van der Waals surface area contributed by atoms with Crippen LogP contribution in [0.4, 0.5) is 0 Å². The second-order valence-corrected chi connectivity index (χ2v) is 7.13. The predicted molar refractivity (Wildman–Crippen MR) is 105 cm³/mol. The number of aliphatic hydroxyl groups excluding tert-OH is 1. The van der Waals surface area contributed by atoms with Gasteiger partial charge in [-0.3, -0.25) is 4.21 Å². The monoisotopic (exact) mass is 363 g/mol. The molecule has 138 valence electrons. The third-order valence-corrected chi connectivity index (χ3v) is 4.46. The number of benzene rings is 1. The summed E-state index contributed by atoms with van der Waals surface area (Å²) < 4.78 is 16.7. The van der Waals surface area contributed by atoms with Crippen LogP contribution < -0.4 is 4.74 Å². The molecule has 1 unspecified atom stereocenters. The summed E-state index contributed by atoms with van der Waals surface area (Å²) in [5, 5.41) is 9.29. The number of ether oxygens (including phenoxy) is 1. The largest absolute Gasteiger partial charge is 0.478 e. The first-order valence-electron chi connectivity index (χ1n) is 8.62. The molecular formula is C20H29NO3S. The molecule has 25 heavy (non-hydrogen) atoms. The van der Waals surface area contributed by atoms with Crippen molar-refractivity contribution in [2.75, 3.05) is 18.6 Å². The van der Waals surface area contributed by atoms with Crippen molar-refractivity contribution in [1.29, 1.82) is 0 Å².